The molecular weight excluding hydrogens is 240 g/mol. The molecule has 0 aromatic carbocycles. The van der Waals surface area contributed by atoms with E-state index in [1.807, 2.05) is 6.20 Å². The average molecular weight is 252 g/mol. The number of nitriles is 1. The summed E-state index contributed by atoms with van der Waals surface area (Å²) in [5, 5.41) is 20.6. The van der Waals surface area contributed by atoms with Crippen molar-refractivity contribution >= 4 is 5.57 Å². The molecule has 0 amide bonds. The zero-order valence-corrected chi connectivity index (χ0v) is 10.2. The van der Waals surface area contributed by atoms with E-state index < -0.39 is 0 Å². The largest absolute Gasteiger partial charge is 0.313 e. The Hall–Kier alpha value is -2.52. The highest BCUT2D eigenvalue weighted by molar-refractivity contribution is 5.63. The lowest BCUT2D eigenvalue weighted by Gasteiger charge is -2.10. The third-order valence-electron chi connectivity index (χ3n) is 3.03. The molecule has 0 atom stereocenters. The van der Waals surface area contributed by atoms with Gasteiger partial charge in [0.25, 0.3) is 0 Å². The van der Waals surface area contributed by atoms with Crippen LogP contribution < -0.4 is 5.32 Å². The smallest absolute Gasteiger partial charge is 0.166 e. The van der Waals surface area contributed by atoms with Gasteiger partial charge in [0.1, 0.15) is 17.5 Å². The summed E-state index contributed by atoms with van der Waals surface area (Å²) >= 11 is 0. The van der Waals surface area contributed by atoms with Gasteiger partial charge in [-0.25, -0.2) is 9.67 Å². The maximum absolute atomic E-state index is 9.04. The van der Waals surface area contributed by atoms with Crippen molar-refractivity contribution in [3.05, 3.63) is 42.0 Å². The Balaban J connectivity index is 1.97. The van der Waals surface area contributed by atoms with Gasteiger partial charge in [-0.1, -0.05) is 11.3 Å². The molecule has 0 fully saturated rings. The van der Waals surface area contributed by atoms with Gasteiger partial charge in [-0.15, -0.1) is 5.10 Å². The second kappa shape index (κ2) is 5.00. The number of hydrogen-bond donors (Lipinski definition) is 1. The first kappa shape index (κ1) is 11.6. The second-order valence-electron chi connectivity index (χ2n) is 4.21. The van der Waals surface area contributed by atoms with E-state index in [1.54, 1.807) is 23.0 Å². The van der Waals surface area contributed by atoms with Crippen molar-refractivity contribution in [2.45, 2.75) is 6.42 Å². The third-order valence-corrected chi connectivity index (χ3v) is 3.03. The van der Waals surface area contributed by atoms with E-state index in [2.05, 4.69) is 32.8 Å². The van der Waals surface area contributed by atoms with Crippen LogP contribution in [0, 0.1) is 11.3 Å². The number of nitrogens with zero attached hydrogens (tertiary/aromatic N) is 5. The van der Waals surface area contributed by atoms with Crippen LogP contribution >= 0.6 is 0 Å². The zero-order valence-electron chi connectivity index (χ0n) is 10.2. The molecular formula is C13H12N6. The molecule has 0 saturated heterocycles. The van der Waals surface area contributed by atoms with Crippen molar-refractivity contribution in [1.29, 1.82) is 5.26 Å². The molecule has 0 aliphatic carbocycles. The highest BCUT2D eigenvalue weighted by Crippen LogP contribution is 2.18. The molecule has 19 heavy (non-hydrogen) atoms. The van der Waals surface area contributed by atoms with Crippen LogP contribution in [0.2, 0.25) is 0 Å². The van der Waals surface area contributed by atoms with E-state index in [9.17, 15) is 0 Å². The fourth-order valence-corrected chi connectivity index (χ4v) is 2.05. The molecule has 3 rings (SSSR count). The van der Waals surface area contributed by atoms with Gasteiger partial charge in [0.05, 0.1) is 6.20 Å². The Morgan fingerprint density at radius 1 is 1.42 bits per heavy atom. The fraction of sp³-hybridized carbons (Fsp3) is 0.231. The zero-order chi connectivity index (χ0) is 13.1. The van der Waals surface area contributed by atoms with Crippen molar-refractivity contribution in [3.8, 4) is 11.8 Å². The molecule has 3 heterocycles. The number of hydrogen-bond acceptors (Lipinski definition) is 5. The van der Waals surface area contributed by atoms with E-state index >= 15 is 0 Å². The predicted molar refractivity (Wildman–Crippen MR) is 69.3 cm³/mol. The summed E-state index contributed by atoms with van der Waals surface area (Å²) in [6, 6.07) is 5.64. The molecule has 0 unspecified atom stereocenters. The van der Waals surface area contributed by atoms with Crippen LogP contribution in [0.15, 0.2) is 30.6 Å². The van der Waals surface area contributed by atoms with Gasteiger partial charge >= 0.3 is 0 Å². The first-order valence-corrected chi connectivity index (χ1v) is 6.06. The minimum atomic E-state index is 0.346. The van der Waals surface area contributed by atoms with Gasteiger partial charge in [0, 0.05) is 12.7 Å². The first-order chi connectivity index (χ1) is 9.38. The molecule has 2 aromatic heterocycles. The fourth-order valence-electron chi connectivity index (χ4n) is 2.05. The van der Waals surface area contributed by atoms with Crippen molar-refractivity contribution in [3.63, 3.8) is 0 Å². The lowest BCUT2D eigenvalue weighted by Crippen LogP contribution is -2.20. The van der Waals surface area contributed by atoms with Gasteiger partial charge in [0.2, 0.25) is 0 Å². The first-order valence-electron chi connectivity index (χ1n) is 6.06. The van der Waals surface area contributed by atoms with Crippen molar-refractivity contribution < 1.29 is 0 Å². The minimum absolute atomic E-state index is 0.346. The summed E-state index contributed by atoms with van der Waals surface area (Å²) in [6.07, 6.45) is 6.49. The molecule has 94 valence electrons. The molecule has 6 heteroatoms. The van der Waals surface area contributed by atoms with E-state index in [4.69, 9.17) is 5.26 Å². The van der Waals surface area contributed by atoms with Gasteiger partial charge in [-0.05, 0) is 30.7 Å². The maximum atomic E-state index is 9.04. The maximum Gasteiger partial charge on any atom is 0.166 e. The molecule has 0 radical (unpaired) electrons. The average Bonchev–Trinajstić information content (AvgIpc) is 2.98. The molecule has 6 nitrogen and oxygen atoms in total. The number of aromatic nitrogens is 4. The van der Waals surface area contributed by atoms with Crippen molar-refractivity contribution in [1.82, 2.24) is 25.3 Å². The summed E-state index contributed by atoms with van der Waals surface area (Å²) in [4.78, 5) is 4.02. The lowest BCUT2D eigenvalue weighted by atomic mass is 10.1. The number of pyridine rings is 1. The van der Waals surface area contributed by atoms with E-state index in [-0.39, 0.29) is 0 Å². The van der Waals surface area contributed by atoms with Gasteiger partial charge in [-0.3, -0.25) is 0 Å². The molecule has 2 aromatic rings. The van der Waals surface area contributed by atoms with E-state index in [0.29, 0.717) is 11.4 Å². The van der Waals surface area contributed by atoms with Crippen LogP contribution in [0.5, 0.6) is 0 Å². The molecule has 1 aliphatic rings. The Morgan fingerprint density at radius 2 is 2.37 bits per heavy atom. The molecule has 0 bridgehead atoms. The number of nitrogens with one attached hydrogen (secondary N) is 1. The third kappa shape index (κ3) is 2.23. The van der Waals surface area contributed by atoms with Crippen molar-refractivity contribution in [2.24, 2.45) is 0 Å². The van der Waals surface area contributed by atoms with Crippen LogP contribution in [-0.4, -0.2) is 33.1 Å². The summed E-state index contributed by atoms with van der Waals surface area (Å²) in [5.41, 5.74) is 3.04. The summed E-state index contributed by atoms with van der Waals surface area (Å²) < 4.78 is 1.60. The monoisotopic (exact) mass is 252 g/mol. The normalized spacial score (nSPS) is 14.8. The highest BCUT2D eigenvalue weighted by Gasteiger charge is 2.12. The van der Waals surface area contributed by atoms with E-state index in [1.165, 1.54) is 5.57 Å². The summed E-state index contributed by atoms with van der Waals surface area (Å²) in [5.74, 6) is 0. The molecule has 0 saturated carbocycles. The molecule has 1 aliphatic heterocycles. The topological polar surface area (TPSA) is 79.4 Å². The Labute approximate surface area is 110 Å². The van der Waals surface area contributed by atoms with Crippen molar-refractivity contribution in [2.75, 3.05) is 13.1 Å². The van der Waals surface area contributed by atoms with Crippen LogP contribution in [0.3, 0.4) is 0 Å². The van der Waals surface area contributed by atoms with Crippen LogP contribution in [0.1, 0.15) is 17.8 Å². The SMILES string of the molecule is N#Cc1ncccc1-n1cc(C2=CCNCC2)nn1. The Morgan fingerprint density at radius 3 is 3.16 bits per heavy atom. The highest BCUT2D eigenvalue weighted by atomic mass is 15.4. The summed E-state index contributed by atoms with van der Waals surface area (Å²) in [7, 11) is 0. The van der Waals surface area contributed by atoms with Gasteiger partial charge in [0.15, 0.2) is 5.69 Å². The standard InChI is InChI=1S/C13H12N6/c14-8-11-13(2-1-5-16-11)19-9-12(17-18-19)10-3-6-15-7-4-10/h1-3,5,9,15H,4,6-7H2. The van der Waals surface area contributed by atoms with Crippen LogP contribution in [0.25, 0.3) is 11.3 Å². The molecule has 1 N–H and O–H groups in total. The number of rotatable bonds is 2. The van der Waals surface area contributed by atoms with Crippen LogP contribution in [-0.2, 0) is 0 Å². The molecule has 0 spiro atoms. The second-order valence-corrected chi connectivity index (χ2v) is 4.21. The minimum Gasteiger partial charge on any atom is -0.313 e. The van der Waals surface area contributed by atoms with Crippen LogP contribution in [0.4, 0.5) is 0 Å². The lowest BCUT2D eigenvalue weighted by molar-refractivity contribution is 0.736. The Bertz CT molecular complexity index is 664. The van der Waals surface area contributed by atoms with Gasteiger partial charge in [-0.2, -0.15) is 5.26 Å². The predicted octanol–water partition coefficient (Wildman–Crippen LogP) is 0.911. The van der Waals surface area contributed by atoms with Gasteiger partial charge < -0.3 is 5.32 Å². The van der Waals surface area contributed by atoms with E-state index in [0.717, 1.165) is 25.2 Å². The summed E-state index contributed by atoms with van der Waals surface area (Å²) in [6.45, 7) is 1.81. The Kier molecular flexibility index (Phi) is 3.04. The quantitative estimate of drug-likeness (QED) is 0.859.